The zero-order chi connectivity index (χ0) is 18.5. The Bertz CT molecular complexity index is 951. The number of aromatic nitrogens is 1. The van der Waals surface area contributed by atoms with Crippen LogP contribution in [0.3, 0.4) is 0 Å². The van der Waals surface area contributed by atoms with E-state index in [1.54, 1.807) is 19.3 Å². The average molecular weight is 344 g/mol. The maximum absolute atomic E-state index is 11.3. The zero-order valence-electron chi connectivity index (χ0n) is 14.7. The second-order valence-electron chi connectivity index (χ2n) is 5.84. The summed E-state index contributed by atoms with van der Waals surface area (Å²) >= 11 is 0. The van der Waals surface area contributed by atoms with Crippen LogP contribution >= 0.6 is 0 Å². The van der Waals surface area contributed by atoms with Gasteiger partial charge in [-0.15, -0.1) is 0 Å². The smallest absolute Gasteiger partial charge is 0.221 e. The number of rotatable bonds is 5. The summed E-state index contributed by atoms with van der Waals surface area (Å²) < 4.78 is 0. The molecule has 26 heavy (non-hydrogen) atoms. The van der Waals surface area contributed by atoms with Gasteiger partial charge in [0.1, 0.15) is 5.82 Å². The molecule has 130 valence electrons. The van der Waals surface area contributed by atoms with Crippen molar-refractivity contribution in [3.05, 3.63) is 78.0 Å². The van der Waals surface area contributed by atoms with E-state index < -0.39 is 0 Å². The lowest BCUT2D eigenvalue weighted by molar-refractivity contribution is -0.114. The van der Waals surface area contributed by atoms with E-state index in [9.17, 15) is 4.79 Å². The average Bonchev–Trinajstić information content (AvgIpc) is 2.67. The maximum atomic E-state index is 11.3. The molecule has 0 unspecified atom stereocenters. The fourth-order valence-corrected chi connectivity index (χ4v) is 2.84. The summed E-state index contributed by atoms with van der Waals surface area (Å²) in [6, 6.07) is 19.6. The van der Waals surface area contributed by atoms with Crippen LogP contribution in [0.2, 0.25) is 0 Å². The van der Waals surface area contributed by atoms with Gasteiger partial charge in [-0.2, -0.15) is 0 Å². The predicted octanol–water partition coefficient (Wildman–Crippen LogP) is 4.16. The van der Waals surface area contributed by atoms with Crippen LogP contribution in [0.1, 0.15) is 18.1 Å². The van der Waals surface area contributed by atoms with E-state index in [1.807, 2.05) is 54.6 Å². The molecule has 0 aliphatic rings. The van der Waals surface area contributed by atoms with Crippen molar-refractivity contribution in [3.63, 3.8) is 0 Å². The monoisotopic (exact) mass is 344 g/mol. The van der Waals surface area contributed by atoms with Gasteiger partial charge in [0.25, 0.3) is 0 Å². The standard InChI is InChI=1S/C21H20N4O/c1-14(26)25-16-12-19(21(23-2)24-13-16)20(22)18-11-7-6-10-17(18)15-8-4-3-5-9-15/h3-13,22H,1-2H3,(H,23,24)(H,25,26). The maximum Gasteiger partial charge on any atom is 0.221 e. The number of anilines is 2. The first-order valence-corrected chi connectivity index (χ1v) is 8.29. The first-order valence-electron chi connectivity index (χ1n) is 8.29. The van der Waals surface area contributed by atoms with Crippen LogP contribution in [0, 0.1) is 5.41 Å². The van der Waals surface area contributed by atoms with Crippen LogP contribution in [-0.2, 0) is 4.79 Å². The van der Waals surface area contributed by atoms with Gasteiger partial charge in [-0.05, 0) is 17.2 Å². The largest absolute Gasteiger partial charge is 0.373 e. The molecule has 0 saturated carbocycles. The van der Waals surface area contributed by atoms with E-state index in [1.165, 1.54) is 6.92 Å². The Morgan fingerprint density at radius 2 is 1.69 bits per heavy atom. The second kappa shape index (κ2) is 7.61. The van der Waals surface area contributed by atoms with E-state index >= 15 is 0 Å². The third-order valence-electron chi connectivity index (χ3n) is 4.00. The second-order valence-corrected chi connectivity index (χ2v) is 5.84. The summed E-state index contributed by atoms with van der Waals surface area (Å²) in [6.07, 6.45) is 1.58. The van der Waals surface area contributed by atoms with Gasteiger partial charge >= 0.3 is 0 Å². The van der Waals surface area contributed by atoms with E-state index in [0.29, 0.717) is 22.8 Å². The van der Waals surface area contributed by atoms with Crippen LogP contribution in [0.15, 0.2) is 66.9 Å². The molecule has 2 aromatic carbocycles. The Kier molecular flexibility index (Phi) is 5.08. The number of nitrogens with one attached hydrogen (secondary N) is 3. The van der Waals surface area contributed by atoms with Gasteiger partial charge in [-0.25, -0.2) is 4.98 Å². The molecular weight excluding hydrogens is 324 g/mol. The highest BCUT2D eigenvalue weighted by Crippen LogP contribution is 2.28. The molecule has 5 heteroatoms. The molecule has 0 atom stereocenters. The molecule has 3 N–H and O–H groups in total. The molecule has 0 aliphatic heterocycles. The van der Waals surface area contributed by atoms with E-state index in [4.69, 9.17) is 5.41 Å². The van der Waals surface area contributed by atoms with Gasteiger partial charge in [0.15, 0.2) is 0 Å². The molecule has 3 aromatic rings. The summed E-state index contributed by atoms with van der Waals surface area (Å²) in [5.41, 5.74) is 4.36. The normalized spacial score (nSPS) is 10.2. The lowest BCUT2D eigenvalue weighted by Gasteiger charge is -2.15. The summed E-state index contributed by atoms with van der Waals surface area (Å²) in [5.74, 6) is 0.415. The van der Waals surface area contributed by atoms with Crippen molar-refractivity contribution >= 4 is 23.1 Å². The first kappa shape index (κ1) is 17.4. The Morgan fingerprint density at radius 1 is 1.00 bits per heavy atom. The molecule has 0 spiro atoms. The molecule has 0 fully saturated rings. The van der Waals surface area contributed by atoms with Gasteiger partial charge in [0.05, 0.1) is 17.6 Å². The van der Waals surface area contributed by atoms with Crippen LogP contribution < -0.4 is 10.6 Å². The molecule has 0 bridgehead atoms. The number of carbonyl (C=O) groups excluding carboxylic acids is 1. The molecule has 0 aliphatic carbocycles. The number of nitrogens with zero attached hydrogens (tertiary/aromatic N) is 1. The Labute approximate surface area is 152 Å². The number of hydrogen-bond donors (Lipinski definition) is 3. The quantitative estimate of drug-likeness (QED) is 0.608. The number of hydrogen-bond acceptors (Lipinski definition) is 4. The van der Waals surface area contributed by atoms with Gasteiger partial charge < -0.3 is 10.6 Å². The number of carbonyl (C=O) groups is 1. The molecule has 0 saturated heterocycles. The minimum Gasteiger partial charge on any atom is -0.373 e. The van der Waals surface area contributed by atoms with Crippen molar-refractivity contribution in [2.75, 3.05) is 17.7 Å². The fourth-order valence-electron chi connectivity index (χ4n) is 2.84. The molecule has 1 heterocycles. The zero-order valence-corrected chi connectivity index (χ0v) is 14.7. The molecule has 0 radical (unpaired) electrons. The molecule has 5 nitrogen and oxygen atoms in total. The van der Waals surface area contributed by atoms with Gasteiger partial charge in [0.2, 0.25) is 5.91 Å². The molecule has 1 amide bonds. The summed E-state index contributed by atoms with van der Waals surface area (Å²) in [7, 11) is 1.76. The highest BCUT2D eigenvalue weighted by molar-refractivity contribution is 6.17. The Hall–Kier alpha value is -3.47. The van der Waals surface area contributed by atoms with Crippen LogP contribution in [0.4, 0.5) is 11.5 Å². The van der Waals surface area contributed by atoms with E-state index in [-0.39, 0.29) is 5.91 Å². The van der Waals surface area contributed by atoms with Crippen molar-refractivity contribution in [1.29, 1.82) is 5.41 Å². The Balaban J connectivity index is 2.09. The fraction of sp³-hybridized carbons (Fsp3) is 0.0952. The highest BCUT2D eigenvalue weighted by atomic mass is 16.1. The molecule has 1 aromatic heterocycles. The Morgan fingerprint density at radius 3 is 2.38 bits per heavy atom. The topological polar surface area (TPSA) is 77.9 Å². The molecular formula is C21H20N4O. The third kappa shape index (κ3) is 3.62. The summed E-state index contributed by atoms with van der Waals surface area (Å²) in [6.45, 7) is 1.45. The van der Waals surface area contributed by atoms with Gasteiger partial charge in [-0.1, -0.05) is 54.6 Å². The first-order chi connectivity index (χ1) is 12.6. The van der Waals surface area contributed by atoms with E-state index in [2.05, 4.69) is 15.6 Å². The van der Waals surface area contributed by atoms with Crippen molar-refractivity contribution in [3.8, 4) is 11.1 Å². The van der Waals surface area contributed by atoms with Crippen molar-refractivity contribution in [2.24, 2.45) is 0 Å². The number of benzene rings is 2. The predicted molar refractivity (Wildman–Crippen MR) is 106 cm³/mol. The third-order valence-corrected chi connectivity index (χ3v) is 4.00. The van der Waals surface area contributed by atoms with Gasteiger partial charge in [0, 0.05) is 25.1 Å². The van der Waals surface area contributed by atoms with Crippen LogP contribution in [0.25, 0.3) is 11.1 Å². The van der Waals surface area contributed by atoms with Crippen molar-refractivity contribution in [1.82, 2.24) is 4.98 Å². The van der Waals surface area contributed by atoms with Crippen molar-refractivity contribution in [2.45, 2.75) is 6.92 Å². The SMILES string of the molecule is CNc1ncc(NC(C)=O)cc1C(=N)c1ccccc1-c1ccccc1. The summed E-state index contributed by atoms with van der Waals surface area (Å²) in [5, 5.41) is 14.5. The van der Waals surface area contributed by atoms with Crippen LogP contribution in [-0.4, -0.2) is 23.7 Å². The van der Waals surface area contributed by atoms with Crippen molar-refractivity contribution < 1.29 is 4.79 Å². The molecule has 3 rings (SSSR count). The van der Waals surface area contributed by atoms with Crippen LogP contribution in [0.5, 0.6) is 0 Å². The minimum absolute atomic E-state index is 0.175. The summed E-state index contributed by atoms with van der Waals surface area (Å²) in [4.78, 5) is 15.7. The van der Waals surface area contributed by atoms with Gasteiger partial charge in [-0.3, -0.25) is 10.2 Å². The lowest BCUT2D eigenvalue weighted by atomic mass is 9.93. The lowest BCUT2D eigenvalue weighted by Crippen LogP contribution is -2.12. The minimum atomic E-state index is -0.175. The highest BCUT2D eigenvalue weighted by Gasteiger charge is 2.16. The van der Waals surface area contributed by atoms with E-state index in [0.717, 1.165) is 16.7 Å². The number of pyridine rings is 1. The number of amides is 1.